The number of nitrogens with one attached hydrogen (secondary N) is 2. The highest BCUT2D eigenvalue weighted by atomic mass is 16.2. The van der Waals surface area contributed by atoms with E-state index in [9.17, 15) is 4.79 Å². The number of nitrogens with zero attached hydrogens (tertiary/aromatic N) is 1. The molecule has 0 spiro atoms. The van der Waals surface area contributed by atoms with Gasteiger partial charge in [0.2, 0.25) is 5.91 Å². The maximum atomic E-state index is 11.8. The minimum atomic E-state index is -0.297. The third-order valence-electron chi connectivity index (χ3n) is 1.92. The van der Waals surface area contributed by atoms with E-state index in [1.807, 2.05) is 45.9 Å². The Labute approximate surface area is 96.5 Å². The van der Waals surface area contributed by atoms with Gasteiger partial charge in [-0.2, -0.15) is 0 Å². The van der Waals surface area contributed by atoms with Gasteiger partial charge in [-0.25, -0.2) is 4.98 Å². The SMILES string of the molecule is CC(Nc1ccccn1)C(=O)NC(C)(C)C. The quantitative estimate of drug-likeness (QED) is 0.818. The number of carbonyl (C=O) groups is 1. The van der Waals surface area contributed by atoms with Gasteiger partial charge < -0.3 is 10.6 Å². The Hall–Kier alpha value is -1.58. The van der Waals surface area contributed by atoms with Gasteiger partial charge in [-0.05, 0) is 39.8 Å². The normalized spacial score (nSPS) is 13.0. The van der Waals surface area contributed by atoms with Gasteiger partial charge in [-0.3, -0.25) is 4.79 Å². The molecule has 4 nitrogen and oxygen atoms in total. The van der Waals surface area contributed by atoms with Crippen LogP contribution < -0.4 is 10.6 Å². The zero-order valence-corrected chi connectivity index (χ0v) is 10.2. The molecule has 0 bridgehead atoms. The summed E-state index contributed by atoms with van der Waals surface area (Å²) in [5.74, 6) is 0.678. The molecule has 1 aromatic heterocycles. The molecular formula is C12H19N3O. The van der Waals surface area contributed by atoms with E-state index >= 15 is 0 Å². The molecule has 1 rings (SSSR count). The monoisotopic (exact) mass is 221 g/mol. The summed E-state index contributed by atoms with van der Waals surface area (Å²) in [5, 5.41) is 5.95. The fourth-order valence-corrected chi connectivity index (χ4v) is 1.21. The summed E-state index contributed by atoms with van der Waals surface area (Å²) in [6.07, 6.45) is 1.69. The van der Waals surface area contributed by atoms with Gasteiger partial charge in [0.15, 0.2) is 0 Å². The molecule has 0 saturated heterocycles. The van der Waals surface area contributed by atoms with E-state index in [1.165, 1.54) is 0 Å². The summed E-state index contributed by atoms with van der Waals surface area (Å²) >= 11 is 0. The molecule has 1 unspecified atom stereocenters. The van der Waals surface area contributed by atoms with Crippen LogP contribution >= 0.6 is 0 Å². The number of aromatic nitrogens is 1. The van der Waals surface area contributed by atoms with E-state index in [0.717, 1.165) is 0 Å². The molecule has 0 aromatic carbocycles. The van der Waals surface area contributed by atoms with Gasteiger partial charge in [0.1, 0.15) is 11.9 Å². The zero-order chi connectivity index (χ0) is 12.2. The van der Waals surface area contributed by atoms with Crippen molar-refractivity contribution in [2.24, 2.45) is 0 Å². The number of hydrogen-bond acceptors (Lipinski definition) is 3. The fraction of sp³-hybridized carbons (Fsp3) is 0.500. The lowest BCUT2D eigenvalue weighted by molar-refractivity contribution is -0.122. The van der Waals surface area contributed by atoms with Crippen LogP contribution in [0, 0.1) is 0 Å². The molecule has 16 heavy (non-hydrogen) atoms. The molecule has 4 heteroatoms. The average Bonchev–Trinajstić information content (AvgIpc) is 2.16. The maximum absolute atomic E-state index is 11.8. The Balaban J connectivity index is 2.53. The Morgan fingerprint density at radius 1 is 1.38 bits per heavy atom. The highest BCUT2D eigenvalue weighted by molar-refractivity contribution is 5.84. The number of rotatable bonds is 3. The van der Waals surface area contributed by atoms with E-state index in [0.29, 0.717) is 5.82 Å². The van der Waals surface area contributed by atoms with Crippen LogP contribution in [-0.2, 0) is 4.79 Å². The Kier molecular flexibility index (Phi) is 3.88. The number of anilines is 1. The zero-order valence-electron chi connectivity index (χ0n) is 10.2. The molecule has 0 aliphatic carbocycles. The van der Waals surface area contributed by atoms with Crippen molar-refractivity contribution >= 4 is 11.7 Å². The maximum Gasteiger partial charge on any atom is 0.242 e. The topological polar surface area (TPSA) is 54.0 Å². The summed E-state index contributed by atoms with van der Waals surface area (Å²) in [5.41, 5.74) is -0.211. The van der Waals surface area contributed by atoms with Gasteiger partial charge in [-0.1, -0.05) is 6.07 Å². The first kappa shape index (κ1) is 12.5. The lowest BCUT2D eigenvalue weighted by Crippen LogP contribution is -2.47. The fourth-order valence-electron chi connectivity index (χ4n) is 1.21. The highest BCUT2D eigenvalue weighted by Crippen LogP contribution is 2.04. The van der Waals surface area contributed by atoms with Crippen LogP contribution in [0.2, 0.25) is 0 Å². The minimum Gasteiger partial charge on any atom is -0.359 e. The second kappa shape index (κ2) is 4.96. The third kappa shape index (κ3) is 4.29. The third-order valence-corrected chi connectivity index (χ3v) is 1.92. The minimum absolute atomic E-state index is 0.0295. The van der Waals surface area contributed by atoms with E-state index in [-0.39, 0.29) is 17.5 Å². The van der Waals surface area contributed by atoms with E-state index in [2.05, 4.69) is 15.6 Å². The number of pyridine rings is 1. The van der Waals surface area contributed by atoms with Gasteiger partial charge in [-0.15, -0.1) is 0 Å². The largest absolute Gasteiger partial charge is 0.359 e. The van der Waals surface area contributed by atoms with Crippen molar-refractivity contribution in [3.63, 3.8) is 0 Å². The first-order chi connectivity index (χ1) is 7.38. The van der Waals surface area contributed by atoms with Gasteiger partial charge >= 0.3 is 0 Å². The molecule has 0 aliphatic rings. The predicted molar refractivity (Wildman–Crippen MR) is 65.2 cm³/mol. The molecule has 2 N–H and O–H groups in total. The average molecular weight is 221 g/mol. The molecule has 0 radical (unpaired) electrons. The van der Waals surface area contributed by atoms with Gasteiger partial charge in [0.25, 0.3) is 0 Å². The Bertz CT molecular complexity index is 343. The first-order valence-electron chi connectivity index (χ1n) is 5.38. The van der Waals surface area contributed by atoms with Crippen LogP contribution in [0.25, 0.3) is 0 Å². The molecular weight excluding hydrogens is 202 g/mol. The van der Waals surface area contributed by atoms with Crippen molar-refractivity contribution in [2.45, 2.75) is 39.3 Å². The molecule has 0 aliphatic heterocycles. The van der Waals surface area contributed by atoms with Gasteiger partial charge in [0, 0.05) is 11.7 Å². The van der Waals surface area contributed by atoms with Crippen molar-refractivity contribution in [3.8, 4) is 0 Å². The van der Waals surface area contributed by atoms with Crippen LogP contribution in [-0.4, -0.2) is 22.5 Å². The summed E-state index contributed by atoms with van der Waals surface area (Å²) < 4.78 is 0. The van der Waals surface area contributed by atoms with Crippen molar-refractivity contribution in [1.29, 1.82) is 0 Å². The Morgan fingerprint density at radius 2 is 2.06 bits per heavy atom. The molecule has 0 fully saturated rings. The van der Waals surface area contributed by atoms with E-state index in [1.54, 1.807) is 6.20 Å². The van der Waals surface area contributed by atoms with Crippen LogP contribution in [0.1, 0.15) is 27.7 Å². The van der Waals surface area contributed by atoms with Crippen molar-refractivity contribution in [1.82, 2.24) is 10.3 Å². The molecule has 1 atom stereocenters. The van der Waals surface area contributed by atoms with Crippen molar-refractivity contribution < 1.29 is 4.79 Å². The summed E-state index contributed by atoms with van der Waals surface area (Å²) in [6, 6.07) is 5.25. The van der Waals surface area contributed by atoms with E-state index < -0.39 is 0 Å². The lowest BCUT2D eigenvalue weighted by Gasteiger charge is -2.23. The van der Waals surface area contributed by atoms with Crippen LogP contribution in [0.3, 0.4) is 0 Å². The van der Waals surface area contributed by atoms with Crippen molar-refractivity contribution in [2.75, 3.05) is 5.32 Å². The van der Waals surface area contributed by atoms with Crippen LogP contribution in [0.15, 0.2) is 24.4 Å². The highest BCUT2D eigenvalue weighted by Gasteiger charge is 2.18. The van der Waals surface area contributed by atoms with E-state index in [4.69, 9.17) is 0 Å². The molecule has 1 aromatic rings. The summed E-state index contributed by atoms with van der Waals surface area (Å²) in [6.45, 7) is 7.69. The molecule has 1 amide bonds. The summed E-state index contributed by atoms with van der Waals surface area (Å²) in [4.78, 5) is 15.9. The van der Waals surface area contributed by atoms with Crippen LogP contribution in [0.4, 0.5) is 5.82 Å². The molecule has 1 heterocycles. The number of amides is 1. The first-order valence-corrected chi connectivity index (χ1v) is 5.38. The van der Waals surface area contributed by atoms with Crippen molar-refractivity contribution in [3.05, 3.63) is 24.4 Å². The molecule has 0 saturated carbocycles. The molecule has 88 valence electrons. The second-order valence-electron chi connectivity index (χ2n) is 4.82. The van der Waals surface area contributed by atoms with Gasteiger partial charge in [0.05, 0.1) is 0 Å². The number of carbonyl (C=O) groups excluding carboxylic acids is 1. The number of hydrogen-bond donors (Lipinski definition) is 2. The predicted octanol–water partition coefficient (Wildman–Crippen LogP) is 1.80. The lowest BCUT2D eigenvalue weighted by atomic mass is 10.1. The standard InChI is InChI=1S/C12H19N3O/c1-9(11(16)15-12(2,3)4)14-10-7-5-6-8-13-10/h5-9H,1-4H3,(H,13,14)(H,15,16). The Morgan fingerprint density at radius 3 is 2.56 bits per heavy atom. The second-order valence-corrected chi connectivity index (χ2v) is 4.82. The van der Waals surface area contributed by atoms with Crippen LogP contribution in [0.5, 0.6) is 0 Å². The smallest absolute Gasteiger partial charge is 0.242 e. The summed E-state index contributed by atoms with van der Waals surface area (Å²) in [7, 11) is 0.